The molecule has 8 heteroatoms. The van der Waals surface area contributed by atoms with Crippen LogP contribution in [0.5, 0.6) is 0 Å². The molecule has 24 heavy (non-hydrogen) atoms. The maximum atomic E-state index is 11.6. The van der Waals surface area contributed by atoms with Gasteiger partial charge in [-0.25, -0.2) is 18.4 Å². The van der Waals surface area contributed by atoms with E-state index in [1.807, 2.05) is 12.1 Å². The first-order valence-electron chi connectivity index (χ1n) is 8.06. The van der Waals surface area contributed by atoms with Crippen LogP contribution in [0.3, 0.4) is 0 Å². The molecule has 2 aliphatic heterocycles. The van der Waals surface area contributed by atoms with Crippen LogP contribution >= 0.6 is 0 Å². The van der Waals surface area contributed by atoms with Gasteiger partial charge in [0.2, 0.25) is 0 Å². The van der Waals surface area contributed by atoms with E-state index in [-0.39, 0.29) is 11.7 Å². The number of nitrogens with zero attached hydrogens (tertiary/aromatic N) is 3. The van der Waals surface area contributed by atoms with Gasteiger partial charge in [0.15, 0.2) is 15.7 Å². The first-order valence-corrected chi connectivity index (χ1v) is 9.88. The van der Waals surface area contributed by atoms with Gasteiger partial charge in [0.1, 0.15) is 5.82 Å². The number of hydrogen-bond acceptors (Lipinski definition) is 7. The third-order valence-electron chi connectivity index (χ3n) is 4.51. The summed E-state index contributed by atoms with van der Waals surface area (Å²) in [7, 11) is -2.85. The largest absolute Gasteiger partial charge is 0.369 e. The molecule has 0 amide bonds. The molecule has 1 fully saturated rings. The van der Waals surface area contributed by atoms with Crippen molar-refractivity contribution >= 4 is 15.7 Å². The van der Waals surface area contributed by atoms with Crippen molar-refractivity contribution in [1.29, 1.82) is 0 Å². The van der Waals surface area contributed by atoms with Crippen LogP contribution in [0.4, 0.5) is 5.82 Å². The third-order valence-corrected chi connectivity index (χ3v) is 6.35. The fourth-order valence-corrected chi connectivity index (χ4v) is 5.08. The minimum absolute atomic E-state index is 0.152. The van der Waals surface area contributed by atoms with E-state index in [1.165, 1.54) is 0 Å². The van der Waals surface area contributed by atoms with Gasteiger partial charge in [-0.1, -0.05) is 0 Å². The predicted octanol–water partition coefficient (Wildman–Crippen LogP) is 0.988. The van der Waals surface area contributed by atoms with Gasteiger partial charge >= 0.3 is 0 Å². The van der Waals surface area contributed by atoms with Gasteiger partial charge in [-0.15, -0.1) is 0 Å². The van der Waals surface area contributed by atoms with Crippen LogP contribution in [0.1, 0.15) is 17.7 Å². The highest BCUT2D eigenvalue weighted by Gasteiger charge is 2.28. The number of aromatic nitrogens is 3. The van der Waals surface area contributed by atoms with E-state index in [4.69, 9.17) is 0 Å². The molecule has 0 aromatic carbocycles. The SMILES string of the molecule is O=S1(=O)CC[C@@H](CNc2nc(-c3ccncc3)nc3c2CNC3)C1. The van der Waals surface area contributed by atoms with Gasteiger partial charge in [0.25, 0.3) is 0 Å². The lowest BCUT2D eigenvalue weighted by Gasteiger charge is -2.14. The highest BCUT2D eigenvalue weighted by molar-refractivity contribution is 7.91. The zero-order valence-electron chi connectivity index (χ0n) is 13.2. The van der Waals surface area contributed by atoms with Gasteiger partial charge in [-0.2, -0.15) is 0 Å². The van der Waals surface area contributed by atoms with Crippen molar-refractivity contribution in [3.05, 3.63) is 35.8 Å². The minimum Gasteiger partial charge on any atom is -0.369 e. The zero-order chi connectivity index (χ0) is 16.6. The van der Waals surface area contributed by atoms with E-state index < -0.39 is 9.84 Å². The summed E-state index contributed by atoms with van der Waals surface area (Å²) in [5, 5.41) is 6.66. The number of pyridine rings is 1. The van der Waals surface area contributed by atoms with Crippen LogP contribution in [-0.2, 0) is 22.9 Å². The van der Waals surface area contributed by atoms with Crippen LogP contribution < -0.4 is 10.6 Å². The number of fused-ring (bicyclic) bond motifs is 1. The number of sulfone groups is 1. The molecule has 2 N–H and O–H groups in total. The van der Waals surface area contributed by atoms with Gasteiger partial charge in [-0.3, -0.25) is 4.98 Å². The average molecular weight is 345 g/mol. The fraction of sp³-hybridized carbons (Fsp3) is 0.438. The molecule has 4 heterocycles. The average Bonchev–Trinajstić information content (AvgIpc) is 3.19. The van der Waals surface area contributed by atoms with Crippen molar-refractivity contribution in [2.45, 2.75) is 19.5 Å². The van der Waals surface area contributed by atoms with Gasteiger partial charge in [0, 0.05) is 43.2 Å². The lowest BCUT2D eigenvalue weighted by Crippen LogP contribution is -2.18. The molecule has 2 aliphatic rings. The molecule has 2 aromatic rings. The maximum Gasteiger partial charge on any atom is 0.161 e. The summed E-state index contributed by atoms with van der Waals surface area (Å²) in [5.41, 5.74) is 3.00. The second-order valence-corrected chi connectivity index (χ2v) is 8.54. The standard InChI is InChI=1S/C16H19N5O2S/c22-24(23)6-3-11(10-24)7-19-16-13-8-18-9-14(13)20-15(21-16)12-1-4-17-5-2-12/h1-2,4-5,11,18H,3,6-10H2,(H,19,20,21)/t11-/m0/s1. The Morgan fingerprint density at radius 1 is 1.21 bits per heavy atom. The molecule has 2 aromatic heterocycles. The smallest absolute Gasteiger partial charge is 0.161 e. The Hall–Kier alpha value is -2.06. The van der Waals surface area contributed by atoms with Gasteiger partial charge < -0.3 is 10.6 Å². The normalized spacial score (nSPS) is 21.6. The summed E-state index contributed by atoms with van der Waals surface area (Å²) in [5.74, 6) is 2.19. The number of anilines is 1. The zero-order valence-corrected chi connectivity index (χ0v) is 14.0. The Morgan fingerprint density at radius 3 is 2.79 bits per heavy atom. The molecule has 0 bridgehead atoms. The second kappa shape index (κ2) is 6.10. The van der Waals surface area contributed by atoms with E-state index >= 15 is 0 Å². The van der Waals surface area contributed by atoms with Gasteiger partial charge in [-0.05, 0) is 24.5 Å². The molecule has 7 nitrogen and oxygen atoms in total. The second-order valence-electron chi connectivity index (χ2n) is 6.31. The van der Waals surface area contributed by atoms with E-state index in [0.29, 0.717) is 18.1 Å². The molecule has 126 valence electrons. The van der Waals surface area contributed by atoms with Crippen molar-refractivity contribution in [3.63, 3.8) is 0 Å². The quantitative estimate of drug-likeness (QED) is 0.853. The third kappa shape index (κ3) is 3.11. The Bertz CT molecular complexity index is 854. The summed E-state index contributed by atoms with van der Waals surface area (Å²) < 4.78 is 23.2. The van der Waals surface area contributed by atoms with Crippen molar-refractivity contribution in [1.82, 2.24) is 20.3 Å². The molecular formula is C16H19N5O2S. The lowest BCUT2D eigenvalue weighted by atomic mass is 10.1. The summed E-state index contributed by atoms with van der Waals surface area (Å²) in [6, 6.07) is 3.77. The highest BCUT2D eigenvalue weighted by atomic mass is 32.2. The summed E-state index contributed by atoms with van der Waals surface area (Å²) >= 11 is 0. The Kier molecular flexibility index (Phi) is 3.93. The monoisotopic (exact) mass is 345 g/mol. The van der Waals surface area contributed by atoms with Crippen molar-refractivity contribution in [3.8, 4) is 11.4 Å². The summed E-state index contributed by atoms with van der Waals surface area (Å²) in [6.07, 6.45) is 4.17. The van der Waals surface area contributed by atoms with Crippen molar-refractivity contribution in [2.24, 2.45) is 5.92 Å². The maximum absolute atomic E-state index is 11.6. The van der Waals surface area contributed by atoms with Crippen LogP contribution in [0.25, 0.3) is 11.4 Å². The molecule has 0 spiro atoms. The number of rotatable bonds is 4. The van der Waals surface area contributed by atoms with Crippen molar-refractivity contribution < 1.29 is 8.42 Å². The van der Waals surface area contributed by atoms with Crippen LogP contribution in [0.15, 0.2) is 24.5 Å². The minimum atomic E-state index is -2.85. The molecule has 1 atom stereocenters. The number of hydrogen-bond donors (Lipinski definition) is 2. The molecule has 0 radical (unpaired) electrons. The highest BCUT2D eigenvalue weighted by Crippen LogP contribution is 2.26. The Morgan fingerprint density at radius 2 is 2.04 bits per heavy atom. The fourth-order valence-electron chi connectivity index (χ4n) is 3.22. The number of nitrogens with one attached hydrogen (secondary N) is 2. The Balaban J connectivity index is 1.59. The van der Waals surface area contributed by atoms with Gasteiger partial charge in [0.05, 0.1) is 17.2 Å². The van der Waals surface area contributed by atoms with Crippen LogP contribution in [0.2, 0.25) is 0 Å². The van der Waals surface area contributed by atoms with Crippen molar-refractivity contribution in [2.75, 3.05) is 23.4 Å². The molecule has 1 saturated heterocycles. The molecule has 4 rings (SSSR count). The molecule has 0 unspecified atom stereocenters. The molecular weight excluding hydrogens is 326 g/mol. The van der Waals surface area contributed by atoms with Crippen LogP contribution in [-0.4, -0.2) is 41.4 Å². The van der Waals surface area contributed by atoms with E-state index in [1.54, 1.807) is 12.4 Å². The molecule has 0 saturated carbocycles. The van der Waals surface area contributed by atoms with Crippen LogP contribution in [0, 0.1) is 5.92 Å². The topological polar surface area (TPSA) is 96.9 Å². The summed E-state index contributed by atoms with van der Waals surface area (Å²) in [6.45, 7) is 2.08. The first kappa shape index (κ1) is 15.5. The van der Waals surface area contributed by atoms with E-state index in [2.05, 4.69) is 25.6 Å². The van der Waals surface area contributed by atoms with E-state index in [0.717, 1.165) is 42.1 Å². The Labute approximate surface area is 140 Å². The lowest BCUT2D eigenvalue weighted by molar-refractivity contribution is 0.595. The first-order chi connectivity index (χ1) is 11.6. The predicted molar refractivity (Wildman–Crippen MR) is 91.1 cm³/mol. The molecule has 0 aliphatic carbocycles. The van der Waals surface area contributed by atoms with E-state index in [9.17, 15) is 8.42 Å². The summed E-state index contributed by atoms with van der Waals surface area (Å²) in [4.78, 5) is 13.3.